The molecule has 1 aromatic heterocycles. The van der Waals surface area contributed by atoms with E-state index in [1.165, 1.54) is 6.07 Å². The quantitative estimate of drug-likeness (QED) is 0.380. The minimum atomic E-state index is -4.51. The second-order valence-electron chi connectivity index (χ2n) is 7.11. The number of nitrogens with zero attached hydrogens (tertiary/aromatic N) is 1. The van der Waals surface area contributed by atoms with Crippen molar-refractivity contribution in [3.63, 3.8) is 0 Å². The van der Waals surface area contributed by atoms with Gasteiger partial charge in [0.15, 0.2) is 0 Å². The van der Waals surface area contributed by atoms with Gasteiger partial charge >= 0.3 is 6.18 Å². The average Bonchev–Trinajstić information content (AvgIpc) is 3.52. The maximum Gasteiger partial charge on any atom is 0.393 e. The number of aromatic amines is 1. The van der Waals surface area contributed by atoms with E-state index in [9.17, 15) is 27.5 Å². The van der Waals surface area contributed by atoms with Crippen LogP contribution < -0.4 is 10.9 Å². The lowest BCUT2D eigenvalue weighted by Crippen LogP contribution is -2.26. The third-order valence-electron chi connectivity index (χ3n) is 4.71. The van der Waals surface area contributed by atoms with Crippen LogP contribution in [0.25, 0.3) is 0 Å². The number of aromatic nitrogens is 2. The Kier molecular flexibility index (Phi) is 7.94. The fourth-order valence-electron chi connectivity index (χ4n) is 3.22. The molecule has 0 spiro atoms. The Balaban J connectivity index is 0.00000166. The molecule has 1 atom stereocenters. The fourth-order valence-corrected chi connectivity index (χ4v) is 3.22. The van der Waals surface area contributed by atoms with Crippen LogP contribution in [-0.2, 0) is 6.42 Å². The van der Waals surface area contributed by atoms with Gasteiger partial charge in [-0.05, 0) is 42.9 Å². The minimum absolute atomic E-state index is 0.0713. The van der Waals surface area contributed by atoms with Crippen molar-refractivity contribution in [1.29, 1.82) is 5.41 Å². The Hall–Kier alpha value is -2.75. The summed E-state index contributed by atoms with van der Waals surface area (Å²) in [5.41, 5.74) is -1.07. The second-order valence-corrected chi connectivity index (χ2v) is 7.11. The number of aliphatic hydroxyl groups is 1. The van der Waals surface area contributed by atoms with Gasteiger partial charge < -0.3 is 20.8 Å². The minimum Gasteiger partial charge on any atom is -0.390 e. The van der Waals surface area contributed by atoms with E-state index in [2.05, 4.69) is 15.3 Å². The Morgan fingerprint density at radius 1 is 1.35 bits per heavy atom. The van der Waals surface area contributed by atoms with E-state index in [1.54, 1.807) is 6.92 Å². The molecule has 1 aliphatic carbocycles. The van der Waals surface area contributed by atoms with Crippen LogP contribution in [0.3, 0.4) is 0 Å². The van der Waals surface area contributed by atoms with Crippen LogP contribution in [0.4, 0.5) is 23.4 Å². The molecule has 4 N–H and O–H groups in total. The molecule has 0 bridgehead atoms. The molecule has 6 nitrogen and oxygen atoms in total. The molecule has 1 saturated carbocycles. The van der Waals surface area contributed by atoms with Crippen LogP contribution in [0.15, 0.2) is 23.0 Å². The first kappa shape index (κ1) is 24.5. The van der Waals surface area contributed by atoms with Crippen LogP contribution in [0.1, 0.15) is 55.2 Å². The number of aryl methyl sites for hydroxylation is 1. The predicted octanol–water partition coefficient (Wildman–Crippen LogP) is 4.27. The highest BCUT2D eigenvalue weighted by molar-refractivity contribution is 6.02. The van der Waals surface area contributed by atoms with Gasteiger partial charge in [-0.2, -0.15) is 13.2 Å². The van der Waals surface area contributed by atoms with E-state index in [0.29, 0.717) is 5.56 Å². The number of rotatable bonds is 7. The van der Waals surface area contributed by atoms with E-state index >= 15 is 0 Å². The maximum absolute atomic E-state index is 14.3. The highest BCUT2D eigenvalue weighted by atomic mass is 19.4. The highest BCUT2D eigenvalue weighted by Crippen LogP contribution is 2.43. The van der Waals surface area contributed by atoms with Crippen LogP contribution in [-0.4, -0.2) is 33.6 Å². The largest absolute Gasteiger partial charge is 0.393 e. The number of anilines is 1. The van der Waals surface area contributed by atoms with Gasteiger partial charge in [-0.1, -0.05) is 26.0 Å². The molecule has 10 heteroatoms. The number of halogens is 4. The number of alkyl halides is 3. The van der Waals surface area contributed by atoms with Crippen molar-refractivity contribution < 1.29 is 22.7 Å². The van der Waals surface area contributed by atoms with E-state index in [0.717, 1.165) is 25.0 Å². The van der Waals surface area contributed by atoms with Gasteiger partial charge in [0, 0.05) is 0 Å². The van der Waals surface area contributed by atoms with Gasteiger partial charge in [0.1, 0.15) is 23.0 Å². The Morgan fingerprint density at radius 3 is 2.52 bits per heavy atom. The zero-order valence-corrected chi connectivity index (χ0v) is 17.5. The summed E-state index contributed by atoms with van der Waals surface area (Å²) < 4.78 is 52.0. The standard InChI is InChI=1S/C19H20F4N4O2.C2H6/c1-9-25-17(15(14(24)8-28)18(29)26-9)27-16(10-2-3-10)11-4-5-12(13(20)6-11)7-19(21,22)23;1-2/h4-6,10,16,24,28H,2-3,7-8H2,1H3,(H2,25,26,27,29);1-2H3. The van der Waals surface area contributed by atoms with Gasteiger partial charge in [-0.25, -0.2) is 9.37 Å². The molecule has 1 aliphatic rings. The van der Waals surface area contributed by atoms with E-state index < -0.39 is 42.2 Å². The molecule has 3 rings (SSSR count). The fraction of sp³-hybridized carbons (Fsp3) is 0.476. The van der Waals surface area contributed by atoms with Crippen molar-refractivity contribution in [3.05, 3.63) is 56.9 Å². The van der Waals surface area contributed by atoms with E-state index in [-0.39, 0.29) is 28.8 Å². The van der Waals surface area contributed by atoms with E-state index in [4.69, 9.17) is 5.41 Å². The Morgan fingerprint density at radius 2 is 2.00 bits per heavy atom. The Labute approximate surface area is 177 Å². The normalized spacial score (nSPS) is 14.5. The lowest BCUT2D eigenvalue weighted by atomic mass is 9.99. The van der Waals surface area contributed by atoms with E-state index in [1.807, 2.05) is 13.8 Å². The molecule has 1 heterocycles. The Bertz CT molecular complexity index is 984. The van der Waals surface area contributed by atoms with Crippen molar-refractivity contribution in [2.75, 3.05) is 11.9 Å². The first-order valence-electron chi connectivity index (χ1n) is 10.00. The maximum atomic E-state index is 14.3. The van der Waals surface area contributed by atoms with Crippen LogP contribution in [0.5, 0.6) is 0 Å². The molecule has 0 amide bonds. The summed E-state index contributed by atoms with van der Waals surface area (Å²) >= 11 is 0. The van der Waals surface area contributed by atoms with Crippen molar-refractivity contribution >= 4 is 11.5 Å². The van der Waals surface area contributed by atoms with Crippen molar-refractivity contribution in [3.8, 4) is 0 Å². The number of nitrogens with one attached hydrogen (secondary N) is 3. The molecule has 170 valence electrons. The zero-order valence-electron chi connectivity index (χ0n) is 17.5. The predicted molar refractivity (Wildman–Crippen MR) is 110 cm³/mol. The number of H-pyrrole nitrogens is 1. The monoisotopic (exact) mass is 442 g/mol. The zero-order chi connectivity index (χ0) is 23.3. The molecule has 0 radical (unpaired) electrons. The lowest BCUT2D eigenvalue weighted by molar-refractivity contribution is -0.127. The third-order valence-corrected chi connectivity index (χ3v) is 4.71. The third kappa shape index (κ3) is 6.36. The number of hydrogen-bond donors (Lipinski definition) is 4. The van der Waals surface area contributed by atoms with Gasteiger partial charge in [0.2, 0.25) is 0 Å². The molecule has 1 aromatic carbocycles. The van der Waals surface area contributed by atoms with Gasteiger partial charge in [-0.3, -0.25) is 4.79 Å². The summed E-state index contributed by atoms with van der Waals surface area (Å²) in [7, 11) is 0. The molecule has 0 aliphatic heterocycles. The van der Waals surface area contributed by atoms with Crippen molar-refractivity contribution in [1.82, 2.24) is 9.97 Å². The molecular formula is C21H26F4N4O2. The van der Waals surface area contributed by atoms with Gasteiger partial charge in [0.25, 0.3) is 5.56 Å². The van der Waals surface area contributed by atoms with Gasteiger partial charge in [0.05, 0.1) is 24.8 Å². The lowest BCUT2D eigenvalue weighted by Gasteiger charge is -2.22. The number of aliphatic hydroxyl groups excluding tert-OH is 1. The summed E-state index contributed by atoms with van der Waals surface area (Å²) in [6, 6.07) is 3.11. The van der Waals surface area contributed by atoms with Crippen LogP contribution in [0.2, 0.25) is 0 Å². The topological polar surface area (TPSA) is 102 Å². The molecule has 0 saturated heterocycles. The summed E-state index contributed by atoms with van der Waals surface area (Å²) in [6.45, 7) is 4.88. The van der Waals surface area contributed by atoms with Crippen molar-refractivity contribution in [2.24, 2.45) is 5.92 Å². The SMILES string of the molecule is CC.Cc1nc(NC(c2ccc(CC(F)(F)F)c(F)c2)C2CC2)c(C(=N)CO)c(=O)[nH]1. The summed E-state index contributed by atoms with van der Waals surface area (Å²) in [5.74, 6) is -0.513. The molecular weight excluding hydrogens is 416 g/mol. The molecule has 1 unspecified atom stereocenters. The first-order valence-corrected chi connectivity index (χ1v) is 10.00. The molecule has 31 heavy (non-hydrogen) atoms. The van der Waals surface area contributed by atoms with Gasteiger partial charge in [-0.15, -0.1) is 0 Å². The summed E-state index contributed by atoms with van der Waals surface area (Å²) in [4.78, 5) is 18.9. The number of benzene rings is 1. The van der Waals surface area contributed by atoms with Crippen LogP contribution in [0, 0.1) is 24.1 Å². The summed E-state index contributed by atoms with van der Waals surface area (Å²) in [5, 5.41) is 20.1. The second kappa shape index (κ2) is 10.0. The van der Waals surface area contributed by atoms with Crippen molar-refractivity contribution in [2.45, 2.75) is 52.3 Å². The van der Waals surface area contributed by atoms with Crippen LogP contribution >= 0.6 is 0 Å². The molecule has 2 aromatic rings. The average molecular weight is 442 g/mol. The molecule has 1 fully saturated rings. The number of hydrogen-bond acceptors (Lipinski definition) is 5. The highest BCUT2D eigenvalue weighted by Gasteiger charge is 2.35. The first-order chi connectivity index (χ1) is 14.6. The smallest absolute Gasteiger partial charge is 0.390 e. The summed E-state index contributed by atoms with van der Waals surface area (Å²) in [6.07, 6.45) is -4.23.